The lowest BCUT2D eigenvalue weighted by molar-refractivity contribution is -0.392. The Bertz CT molecular complexity index is 651. The smallest absolute Gasteiger partial charge is 0.413 e. The van der Waals surface area contributed by atoms with E-state index in [4.69, 9.17) is 0 Å². The predicted octanol–water partition coefficient (Wildman–Crippen LogP) is 1.18. The molecule has 10 nitrogen and oxygen atoms in total. The van der Waals surface area contributed by atoms with Crippen molar-refractivity contribution in [1.29, 1.82) is 0 Å². The maximum atomic E-state index is 11.0. The van der Waals surface area contributed by atoms with Crippen LogP contribution < -0.4 is 5.32 Å². The SMILES string of the molecule is COC(=O)Nc1nnc(Cn2c([N+](=O)[O-])cnc2C)s1. The van der Waals surface area contributed by atoms with Gasteiger partial charge in [-0.15, -0.1) is 10.2 Å². The highest BCUT2D eigenvalue weighted by atomic mass is 32.1. The number of nitrogens with zero attached hydrogens (tertiary/aromatic N) is 5. The average Bonchev–Trinajstić information content (AvgIpc) is 2.98. The molecule has 11 heteroatoms. The van der Waals surface area contributed by atoms with E-state index < -0.39 is 11.0 Å². The van der Waals surface area contributed by atoms with Gasteiger partial charge < -0.3 is 14.9 Å². The van der Waals surface area contributed by atoms with E-state index in [9.17, 15) is 14.9 Å². The zero-order chi connectivity index (χ0) is 14.7. The molecule has 0 aliphatic rings. The Morgan fingerprint density at radius 2 is 2.35 bits per heavy atom. The number of imidazole rings is 1. The summed E-state index contributed by atoms with van der Waals surface area (Å²) in [6, 6.07) is 0. The highest BCUT2D eigenvalue weighted by Gasteiger charge is 2.19. The van der Waals surface area contributed by atoms with Crippen LogP contribution in [0, 0.1) is 17.0 Å². The minimum absolute atomic E-state index is 0.125. The van der Waals surface area contributed by atoms with Gasteiger partial charge in [0.15, 0.2) is 10.8 Å². The number of hydrogen-bond acceptors (Lipinski definition) is 8. The van der Waals surface area contributed by atoms with Gasteiger partial charge in [0.25, 0.3) is 0 Å². The fourth-order valence-corrected chi connectivity index (χ4v) is 2.15. The van der Waals surface area contributed by atoms with Crippen molar-refractivity contribution < 1.29 is 14.5 Å². The number of nitro groups is 1. The number of carbonyl (C=O) groups is 1. The molecule has 106 valence electrons. The summed E-state index contributed by atoms with van der Waals surface area (Å²) in [5.74, 6) is 0.370. The summed E-state index contributed by atoms with van der Waals surface area (Å²) in [5.41, 5.74) is 0. The van der Waals surface area contributed by atoms with Crippen molar-refractivity contribution in [2.24, 2.45) is 0 Å². The molecule has 0 spiro atoms. The van der Waals surface area contributed by atoms with Crippen molar-refractivity contribution in [1.82, 2.24) is 19.7 Å². The lowest BCUT2D eigenvalue weighted by Gasteiger charge is -1.99. The van der Waals surface area contributed by atoms with Gasteiger partial charge in [-0.25, -0.2) is 14.3 Å². The Morgan fingerprint density at radius 1 is 1.60 bits per heavy atom. The van der Waals surface area contributed by atoms with Crippen LogP contribution in [0.1, 0.15) is 10.8 Å². The molecule has 0 aliphatic carbocycles. The zero-order valence-corrected chi connectivity index (χ0v) is 11.4. The molecule has 0 aliphatic heterocycles. The maximum absolute atomic E-state index is 11.0. The van der Waals surface area contributed by atoms with Gasteiger partial charge in [0, 0.05) is 6.92 Å². The highest BCUT2D eigenvalue weighted by molar-refractivity contribution is 7.15. The van der Waals surface area contributed by atoms with Crippen molar-refractivity contribution in [3.63, 3.8) is 0 Å². The van der Waals surface area contributed by atoms with Crippen LogP contribution in [-0.4, -0.2) is 37.9 Å². The fraction of sp³-hybridized carbons (Fsp3) is 0.333. The number of rotatable bonds is 4. The van der Waals surface area contributed by atoms with Crippen LogP contribution in [-0.2, 0) is 11.3 Å². The molecule has 2 heterocycles. The largest absolute Gasteiger partial charge is 0.453 e. The van der Waals surface area contributed by atoms with E-state index in [1.165, 1.54) is 17.9 Å². The third-order valence-corrected chi connectivity index (χ3v) is 3.20. The average molecular weight is 298 g/mol. The Morgan fingerprint density at radius 3 is 3.00 bits per heavy atom. The first-order valence-corrected chi connectivity index (χ1v) is 6.16. The molecule has 20 heavy (non-hydrogen) atoms. The number of nitrogens with one attached hydrogen (secondary N) is 1. The molecule has 0 aromatic carbocycles. The Labute approximate surface area is 116 Å². The molecule has 1 amide bonds. The van der Waals surface area contributed by atoms with E-state index in [1.807, 2.05) is 0 Å². The molecular weight excluding hydrogens is 288 g/mol. The van der Waals surface area contributed by atoms with E-state index in [2.05, 4.69) is 25.2 Å². The standard InChI is InChI=1S/C9H10N6O4S/c1-5-10-3-7(15(17)18)14(5)4-6-12-13-8(20-6)11-9(16)19-2/h3H,4H2,1-2H3,(H,11,13,16). The Kier molecular flexibility index (Phi) is 3.89. The quantitative estimate of drug-likeness (QED) is 0.663. The lowest BCUT2D eigenvalue weighted by atomic mass is 10.6. The molecule has 1 N–H and O–H groups in total. The van der Waals surface area contributed by atoms with Crippen LogP contribution in [0.15, 0.2) is 6.20 Å². The third kappa shape index (κ3) is 2.88. The molecule has 0 saturated carbocycles. The Hall–Kier alpha value is -2.56. The maximum Gasteiger partial charge on any atom is 0.413 e. The number of amides is 1. The lowest BCUT2D eigenvalue weighted by Crippen LogP contribution is -2.10. The van der Waals surface area contributed by atoms with Gasteiger partial charge in [-0.3, -0.25) is 5.32 Å². The number of ether oxygens (including phenoxy) is 1. The normalized spacial score (nSPS) is 10.3. The van der Waals surface area contributed by atoms with Crippen molar-refractivity contribution in [3.05, 3.63) is 27.1 Å². The molecule has 0 atom stereocenters. The highest BCUT2D eigenvalue weighted by Crippen LogP contribution is 2.20. The number of aromatic nitrogens is 4. The van der Waals surface area contributed by atoms with Gasteiger partial charge in [0.05, 0.1) is 7.11 Å². The van der Waals surface area contributed by atoms with Crippen LogP contribution in [0.5, 0.6) is 0 Å². The second-order valence-corrected chi connectivity index (χ2v) is 4.69. The number of anilines is 1. The summed E-state index contributed by atoms with van der Waals surface area (Å²) in [5, 5.41) is 21.6. The van der Waals surface area contributed by atoms with Crippen molar-refractivity contribution >= 4 is 28.4 Å². The second-order valence-electron chi connectivity index (χ2n) is 3.62. The first-order valence-electron chi connectivity index (χ1n) is 5.35. The van der Waals surface area contributed by atoms with Crippen molar-refractivity contribution in [3.8, 4) is 0 Å². The number of methoxy groups -OCH3 is 1. The zero-order valence-electron chi connectivity index (χ0n) is 10.6. The predicted molar refractivity (Wildman–Crippen MR) is 68.7 cm³/mol. The first-order chi connectivity index (χ1) is 9.51. The van der Waals surface area contributed by atoms with Gasteiger partial charge in [-0.05, 0) is 4.92 Å². The van der Waals surface area contributed by atoms with Crippen LogP contribution in [0.25, 0.3) is 0 Å². The van der Waals surface area contributed by atoms with Crippen LogP contribution in [0.2, 0.25) is 0 Å². The molecular formula is C9H10N6O4S. The minimum atomic E-state index is -0.655. The van der Waals surface area contributed by atoms with Crippen LogP contribution in [0.3, 0.4) is 0 Å². The van der Waals surface area contributed by atoms with E-state index in [1.54, 1.807) is 6.92 Å². The third-order valence-electron chi connectivity index (χ3n) is 2.38. The topological polar surface area (TPSA) is 125 Å². The fourth-order valence-electron chi connectivity index (χ4n) is 1.44. The van der Waals surface area contributed by atoms with Gasteiger partial charge in [-0.1, -0.05) is 11.3 Å². The number of carbonyl (C=O) groups excluding carboxylic acids is 1. The second kappa shape index (κ2) is 5.61. The van der Waals surface area contributed by atoms with Gasteiger partial charge >= 0.3 is 11.9 Å². The van der Waals surface area contributed by atoms with E-state index >= 15 is 0 Å². The van der Waals surface area contributed by atoms with Crippen molar-refractivity contribution in [2.45, 2.75) is 13.5 Å². The summed E-state index contributed by atoms with van der Waals surface area (Å²) < 4.78 is 5.83. The molecule has 0 unspecified atom stereocenters. The minimum Gasteiger partial charge on any atom is -0.453 e. The van der Waals surface area contributed by atoms with E-state index in [0.29, 0.717) is 10.8 Å². The number of aryl methyl sites for hydroxylation is 1. The van der Waals surface area contributed by atoms with E-state index in [0.717, 1.165) is 11.3 Å². The van der Waals surface area contributed by atoms with Gasteiger partial charge in [-0.2, -0.15) is 0 Å². The van der Waals surface area contributed by atoms with Crippen LogP contribution >= 0.6 is 11.3 Å². The molecule has 0 radical (unpaired) electrons. The summed E-state index contributed by atoms with van der Waals surface area (Å²) in [6.45, 7) is 1.81. The first kappa shape index (κ1) is 13.9. The van der Waals surface area contributed by atoms with Gasteiger partial charge in [0.2, 0.25) is 5.13 Å². The van der Waals surface area contributed by atoms with Gasteiger partial charge in [0.1, 0.15) is 12.7 Å². The molecule has 2 aromatic heterocycles. The van der Waals surface area contributed by atoms with E-state index in [-0.39, 0.29) is 17.5 Å². The summed E-state index contributed by atoms with van der Waals surface area (Å²) in [4.78, 5) is 25.2. The summed E-state index contributed by atoms with van der Waals surface area (Å²) in [7, 11) is 1.23. The number of hydrogen-bond donors (Lipinski definition) is 1. The monoisotopic (exact) mass is 298 g/mol. The summed E-state index contributed by atoms with van der Waals surface area (Å²) in [6.07, 6.45) is 0.529. The van der Waals surface area contributed by atoms with Crippen molar-refractivity contribution in [2.75, 3.05) is 12.4 Å². The molecule has 0 fully saturated rings. The molecule has 2 aromatic rings. The molecule has 0 bridgehead atoms. The summed E-state index contributed by atoms with van der Waals surface area (Å²) >= 11 is 1.10. The molecule has 2 rings (SSSR count). The van der Waals surface area contributed by atoms with Crippen LogP contribution in [0.4, 0.5) is 15.7 Å². The Balaban J connectivity index is 2.17. The molecule has 0 saturated heterocycles.